The highest BCUT2D eigenvalue weighted by Gasteiger charge is 2.38. The first-order valence-electron chi connectivity index (χ1n) is 10.8. The van der Waals surface area contributed by atoms with Crippen molar-refractivity contribution in [2.75, 3.05) is 44.2 Å². The van der Waals surface area contributed by atoms with Crippen LogP contribution < -0.4 is 4.90 Å². The maximum atomic E-state index is 13.2. The van der Waals surface area contributed by atoms with Crippen molar-refractivity contribution in [3.63, 3.8) is 0 Å². The monoisotopic (exact) mass is 446 g/mol. The van der Waals surface area contributed by atoms with Gasteiger partial charge in [0.1, 0.15) is 10.6 Å². The van der Waals surface area contributed by atoms with E-state index in [0.717, 1.165) is 13.1 Å². The summed E-state index contributed by atoms with van der Waals surface area (Å²) in [4.78, 5) is 17.5. The molecule has 1 aromatic heterocycles. The predicted molar refractivity (Wildman–Crippen MR) is 117 cm³/mol. The van der Waals surface area contributed by atoms with Crippen LogP contribution in [0.3, 0.4) is 0 Å². The lowest BCUT2D eigenvalue weighted by Crippen LogP contribution is -2.53. The lowest BCUT2D eigenvalue weighted by molar-refractivity contribution is -0.137. The number of anilines is 1. The van der Waals surface area contributed by atoms with E-state index in [2.05, 4.69) is 41.2 Å². The molecule has 0 saturated carbocycles. The molecule has 0 spiro atoms. The molecule has 2 fully saturated rings. The minimum absolute atomic E-state index is 0.0579. The van der Waals surface area contributed by atoms with Crippen molar-refractivity contribution in [1.29, 1.82) is 0 Å². The lowest BCUT2D eigenvalue weighted by Gasteiger charge is -2.39. The third-order valence-corrected chi connectivity index (χ3v) is 8.37. The Morgan fingerprint density at radius 3 is 2.48 bits per heavy atom. The number of carbonyl (C=O) groups excluding carboxylic acids is 1. The van der Waals surface area contributed by atoms with Crippen LogP contribution in [-0.2, 0) is 14.8 Å². The van der Waals surface area contributed by atoms with Crippen molar-refractivity contribution in [2.45, 2.75) is 38.5 Å². The Labute approximate surface area is 183 Å². The van der Waals surface area contributed by atoms with Gasteiger partial charge in [0, 0.05) is 45.0 Å². The molecule has 1 atom stereocenters. The Balaban J connectivity index is 1.40. The van der Waals surface area contributed by atoms with Gasteiger partial charge in [-0.25, -0.2) is 8.42 Å². The fourth-order valence-electron chi connectivity index (χ4n) is 4.60. The second kappa shape index (κ2) is 8.63. The average molecular weight is 447 g/mol. The second-order valence-corrected chi connectivity index (χ2v) is 10.4. The van der Waals surface area contributed by atoms with Crippen LogP contribution in [0.2, 0.25) is 0 Å². The zero-order valence-electron chi connectivity index (χ0n) is 18.4. The Morgan fingerprint density at radius 2 is 1.84 bits per heavy atom. The van der Waals surface area contributed by atoms with Crippen LogP contribution in [0.4, 0.5) is 5.69 Å². The number of piperazine rings is 1. The molecule has 2 saturated heterocycles. The topological polar surface area (TPSA) is 87.0 Å². The molecule has 8 nitrogen and oxygen atoms in total. The van der Waals surface area contributed by atoms with E-state index < -0.39 is 10.0 Å². The third kappa shape index (κ3) is 4.34. The number of piperidine rings is 1. The van der Waals surface area contributed by atoms with E-state index in [0.29, 0.717) is 43.9 Å². The first-order chi connectivity index (χ1) is 14.8. The largest absolute Gasteiger partial charge is 0.368 e. The van der Waals surface area contributed by atoms with Gasteiger partial charge in [-0.1, -0.05) is 17.3 Å². The van der Waals surface area contributed by atoms with Gasteiger partial charge in [0.05, 0.1) is 5.92 Å². The van der Waals surface area contributed by atoms with E-state index in [-0.39, 0.29) is 23.3 Å². The molecule has 2 aliphatic rings. The number of aromatic nitrogens is 1. The molecular weight excluding hydrogens is 416 g/mol. The summed E-state index contributed by atoms with van der Waals surface area (Å²) in [6, 6.07) is 8.39. The number of carbonyl (C=O) groups is 1. The Bertz CT molecular complexity index is 1040. The Kier molecular flexibility index (Phi) is 6.07. The van der Waals surface area contributed by atoms with Gasteiger partial charge in [0.2, 0.25) is 15.9 Å². The van der Waals surface area contributed by atoms with Crippen molar-refractivity contribution in [3.8, 4) is 0 Å². The molecule has 0 aliphatic carbocycles. The zero-order valence-corrected chi connectivity index (χ0v) is 19.2. The molecular formula is C22H30N4O4S. The molecule has 1 unspecified atom stereocenters. The fourth-order valence-corrected chi connectivity index (χ4v) is 6.42. The van der Waals surface area contributed by atoms with Gasteiger partial charge >= 0.3 is 0 Å². The number of hydrogen-bond donors (Lipinski definition) is 0. The van der Waals surface area contributed by atoms with Crippen molar-refractivity contribution >= 4 is 21.6 Å². The summed E-state index contributed by atoms with van der Waals surface area (Å²) in [7, 11) is -3.73. The summed E-state index contributed by atoms with van der Waals surface area (Å²) < 4.78 is 32.8. The fraction of sp³-hybridized carbons (Fsp3) is 0.545. The normalized spacial score (nSPS) is 20.8. The van der Waals surface area contributed by atoms with Gasteiger partial charge in [0.15, 0.2) is 5.76 Å². The molecule has 3 heterocycles. The van der Waals surface area contributed by atoms with E-state index in [1.165, 1.54) is 15.6 Å². The smallest absolute Gasteiger partial charge is 0.248 e. The van der Waals surface area contributed by atoms with E-state index in [1.807, 2.05) is 4.90 Å². The van der Waals surface area contributed by atoms with Crippen molar-refractivity contribution < 1.29 is 17.7 Å². The van der Waals surface area contributed by atoms with Gasteiger partial charge in [0.25, 0.3) is 0 Å². The minimum atomic E-state index is -3.73. The second-order valence-electron chi connectivity index (χ2n) is 8.51. The molecule has 9 heteroatoms. The molecule has 1 amide bonds. The minimum Gasteiger partial charge on any atom is -0.368 e. The van der Waals surface area contributed by atoms with E-state index in [9.17, 15) is 13.2 Å². The number of rotatable bonds is 4. The highest BCUT2D eigenvalue weighted by Crippen LogP contribution is 2.29. The Morgan fingerprint density at radius 1 is 1.10 bits per heavy atom. The number of sulfonamides is 1. The highest BCUT2D eigenvalue weighted by atomic mass is 32.2. The number of hydrogen-bond acceptors (Lipinski definition) is 6. The highest BCUT2D eigenvalue weighted by molar-refractivity contribution is 7.89. The summed E-state index contributed by atoms with van der Waals surface area (Å²) in [6.45, 7) is 8.80. The van der Waals surface area contributed by atoms with Gasteiger partial charge in [-0.15, -0.1) is 0 Å². The predicted octanol–water partition coefficient (Wildman–Crippen LogP) is 2.35. The summed E-state index contributed by atoms with van der Waals surface area (Å²) >= 11 is 0. The van der Waals surface area contributed by atoms with E-state index >= 15 is 0 Å². The lowest BCUT2D eigenvalue weighted by atomic mass is 9.97. The van der Waals surface area contributed by atoms with Crippen LogP contribution in [0.15, 0.2) is 33.7 Å². The maximum Gasteiger partial charge on any atom is 0.248 e. The van der Waals surface area contributed by atoms with E-state index in [1.54, 1.807) is 13.8 Å². The van der Waals surface area contributed by atoms with Crippen molar-refractivity contribution in [3.05, 3.63) is 41.3 Å². The summed E-state index contributed by atoms with van der Waals surface area (Å²) in [5.41, 5.74) is 2.76. The first-order valence-corrected chi connectivity index (χ1v) is 12.2. The van der Waals surface area contributed by atoms with E-state index in [4.69, 9.17) is 4.52 Å². The third-order valence-electron chi connectivity index (χ3n) is 6.26. The quantitative estimate of drug-likeness (QED) is 0.717. The number of amides is 1. The Hall–Kier alpha value is -2.39. The van der Waals surface area contributed by atoms with Crippen LogP contribution >= 0.6 is 0 Å². The molecule has 0 bridgehead atoms. The number of benzene rings is 1. The first kappa shape index (κ1) is 21.8. The van der Waals surface area contributed by atoms with Gasteiger partial charge in [-0.3, -0.25) is 4.79 Å². The van der Waals surface area contributed by atoms with Crippen LogP contribution in [0.5, 0.6) is 0 Å². The van der Waals surface area contributed by atoms with Crippen LogP contribution in [0.25, 0.3) is 0 Å². The molecule has 1 aromatic carbocycles. The zero-order chi connectivity index (χ0) is 22.2. The standard InChI is InChI=1S/C22H30N4O4S/c1-16-6-4-8-20(14-16)24-10-12-25(13-11-24)22(27)19-7-5-9-26(15-19)31(28,29)21-17(2)23-30-18(21)3/h4,6,8,14,19H,5,7,9-13,15H2,1-3H3. The average Bonchev–Trinajstić information content (AvgIpc) is 3.12. The van der Waals surface area contributed by atoms with Crippen molar-refractivity contribution in [2.24, 2.45) is 5.92 Å². The van der Waals surface area contributed by atoms with Crippen LogP contribution in [-0.4, -0.2) is 68.0 Å². The summed E-state index contributed by atoms with van der Waals surface area (Å²) in [6.07, 6.45) is 1.38. The molecule has 0 N–H and O–H groups in total. The molecule has 2 aromatic rings. The molecule has 4 rings (SSSR count). The number of aryl methyl sites for hydroxylation is 3. The van der Waals surface area contributed by atoms with Crippen LogP contribution in [0.1, 0.15) is 29.9 Å². The molecule has 168 valence electrons. The molecule has 2 aliphatic heterocycles. The van der Waals surface area contributed by atoms with Crippen molar-refractivity contribution in [1.82, 2.24) is 14.4 Å². The molecule has 31 heavy (non-hydrogen) atoms. The van der Waals surface area contributed by atoms with Gasteiger partial charge in [-0.05, 0) is 51.3 Å². The molecule has 0 radical (unpaired) electrons. The maximum absolute atomic E-state index is 13.2. The van der Waals surface area contributed by atoms with Gasteiger partial charge < -0.3 is 14.3 Å². The summed E-state index contributed by atoms with van der Waals surface area (Å²) in [5.74, 6) is 0.0373. The number of nitrogens with zero attached hydrogens (tertiary/aromatic N) is 4. The summed E-state index contributed by atoms with van der Waals surface area (Å²) in [5, 5.41) is 3.78. The van der Waals surface area contributed by atoms with Gasteiger partial charge in [-0.2, -0.15) is 4.31 Å². The van der Waals surface area contributed by atoms with Crippen LogP contribution in [0, 0.1) is 26.7 Å². The SMILES string of the molecule is Cc1cccc(N2CCN(C(=O)C3CCCN(S(=O)(=O)c4c(C)noc4C)C3)CC2)c1.